The first kappa shape index (κ1) is 19.6. The largest absolute Gasteiger partial charge is 0.350 e. The lowest BCUT2D eigenvalue weighted by molar-refractivity contribution is -0.120. The molecule has 2 amide bonds. The van der Waals surface area contributed by atoms with Gasteiger partial charge in [-0.2, -0.15) is 0 Å². The standard InChI is InChI=1S/C26H24N2O2/c1-16-13-17(2)15-21(14-16)28-25(29)23(20-10-6-5-7-11-20)24(26(28)30)27-22-12-8-9-18(3)19(22)4/h5-15,27H,1-4H3. The van der Waals surface area contributed by atoms with Gasteiger partial charge in [0.25, 0.3) is 11.8 Å². The summed E-state index contributed by atoms with van der Waals surface area (Å²) in [4.78, 5) is 28.3. The third-order valence-electron chi connectivity index (χ3n) is 5.48. The van der Waals surface area contributed by atoms with Crippen molar-refractivity contribution in [1.29, 1.82) is 0 Å². The monoisotopic (exact) mass is 396 g/mol. The first-order valence-corrected chi connectivity index (χ1v) is 9.97. The van der Waals surface area contributed by atoms with E-state index in [1.165, 1.54) is 4.90 Å². The Morgan fingerprint density at radius 3 is 2.07 bits per heavy atom. The van der Waals surface area contributed by atoms with Crippen molar-refractivity contribution in [3.05, 3.63) is 100 Å². The minimum absolute atomic E-state index is 0.305. The van der Waals surface area contributed by atoms with Crippen LogP contribution in [0.25, 0.3) is 5.57 Å². The Morgan fingerprint density at radius 1 is 0.733 bits per heavy atom. The number of nitrogens with zero attached hydrogens (tertiary/aromatic N) is 1. The second-order valence-electron chi connectivity index (χ2n) is 7.78. The van der Waals surface area contributed by atoms with E-state index in [9.17, 15) is 9.59 Å². The molecule has 0 aromatic heterocycles. The second kappa shape index (κ2) is 7.64. The number of rotatable bonds is 4. The number of carbonyl (C=O) groups is 2. The highest BCUT2D eigenvalue weighted by atomic mass is 16.2. The molecule has 4 rings (SSSR count). The third-order valence-corrected chi connectivity index (χ3v) is 5.48. The molecule has 0 saturated carbocycles. The molecule has 4 heteroatoms. The molecule has 0 unspecified atom stereocenters. The maximum atomic E-state index is 13.5. The van der Waals surface area contributed by atoms with Gasteiger partial charge in [-0.1, -0.05) is 48.5 Å². The quantitative estimate of drug-likeness (QED) is 0.608. The van der Waals surface area contributed by atoms with Gasteiger partial charge in [-0.25, -0.2) is 4.90 Å². The fraction of sp³-hybridized carbons (Fsp3) is 0.154. The van der Waals surface area contributed by atoms with E-state index in [0.29, 0.717) is 17.0 Å². The summed E-state index contributed by atoms with van der Waals surface area (Å²) in [5, 5.41) is 3.28. The number of amides is 2. The van der Waals surface area contributed by atoms with E-state index in [0.717, 1.165) is 33.5 Å². The molecule has 0 saturated heterocycles. The number of imide groups is 1. The molecule has 0 radical (unpaired) electrons. The summed E-state index contributed by atoms with van der Waals surface area (Å²) in [6.45, 7) is 7.95. The molecule has 150 valence electrons. The second-order valence-corrected chi connectivity index (χ2v) is 7.78. The molecule has 0 fully saturated rings. The van der Waals surface area contributed by atoms with E-state index >= 15 is 0 Å². The molecular formula is C26H24N2O2. The zero-order valence-electron chi connectivity index (χ0n) is 17.6. The van der Waals surface area contributed by atoms with Crippen molar-refractivity contribution in [2.75, 3.05) is 10.2 Å². The summed E-state index contributed by atoms with van der Waals surface area (Å²) < 4.78 is 0. The molecule has 0 aliphatic carbocycles. The summed E-state index contributed by atoms with van der Waals surface area (Å²) in [6.07, 6.45) is 0. The van der Waals surface area contributed by atoms with Gasteiger partial charge < -0.3 is 5.32 Å². The predicted octanol–water partition coefficient (Wildman–Crippen LogP) is 5.32. The van der Waals surface area contributed by atoms with Gasteiger partial charge in [-0.3, -0.25) is 9.59 Å². The summed E-state index contributed by atoms with van der Waals surface area (Å²) >= 11 is 0. The van der Waals surface area contributed by atoms with Gasteiger partial charge in [0, 0.05) is 5.69 Å². The minimum Gasteiger partial charge on any atom is -0.350 e. The summed E-state index contributed by atoms with van der Waals surface area (Å²) in [5.41, 5.74) is 6.99. The van der Waals surface area contributed by atoms with E-state index in [-0.39, 0.29) is 11.8 Å². The molecule has 4 nitrogen and oxygen atoms in total. The lowest BCUT2D eigenvalue weighted by Gasteiger charge is -2.17. The molecule has 1 aliphatic rings. The molecule has 0 atom stereocenters. The number of carbonyl (C=O) groups excluding carboxylic acids is 2. The van der Waals surface area contributed by atoms with Crippen molar-refractivity contribution in [2.24, 2.45) is 0 Å². The molecule has 3 aromatic carbocycles. The predicted molar refractivity (Wildman–Crippen MR) is 121 cm³/mol. The van der Waals surface area contributed by atoms with Crippen LogP contribution in [-0.4, -0.2) is 11.8 Å². The minimum atomic E-state index is -0.343. The first-order chi connectivity index (χ1) is 14.4. The van der Waals surface area contributed by atoms with E-state index in [4.69, 9.17) is 0 Å². The maximum Gasteiger partial charge on any atom is 0.282 e. The number of aryl methyl sites for hydroxylation is 3. The van der Waals surface area contributed by atoms with E-state index in [1.54, 1.807) is 0 Å². The smallest absolute Gasteiger partial charge is 0.282 e. The Labute approximate surface area is 176 Å². The molecular weight excluding hydrogens is 372 g/mol. The fourth-order valence-corrected chi connectivity index (χ4v) is 3.85. The van der Waals surface area contributed by atoms with Crippen molar-refractivity contribution in [1.82, 2.24) is 0 Å². The van der Waals surface area contributed by atoms with Gasteiger partial charge in [-0.05, 0) is 73.7 Å². The van der Waals surface area contributed by atoms with Crippen molar-refractivity contribution >= 4 is 28.8 Å². The zero-order valence-corrected chi connectivity index (χ0v) is 17.6. The summed E-state index contributed by atoms with van der Waals surface area (Å²) in [5.74, 6) is -0.659. The van der Waals surface area contributed by atoms with Crippen LogP contribution in [-0.2, 0) is 9.59 Å². The Balaban J connectivity index is 1.86. The Bertz CT molecular complexity index is 1170. The van der Waals surface area contributed by atoms with Crippen LogP contribution in [0.5, 0.6) is 0 Å². The topological polar surface area (TPSA) is 49.4 Å². The van der Waals surface area contributed by atoms with Crippen LogP contribution in [0.15, 0.2) is 72.4 Å². The number of benzene rings is 3. The normalized spacial score (nSPS) is 13.9. The van der Waals surface area contributed by atoms with Crippen molar-refractivity contribution in [2.45, 2.75) is 27.7 Å². The number of anilines is 2. The number of nitrogens with one attached hydrogen (secondary N) is 1. The van der Waals surface area contributed by atoms with E-state index in [2.05, 4.69) is 5.32 Å². The fourth-order valence-electron chi connectivity index (χ4n) is 3.85. The van der Waals surface area contributed by atoms with Crippen LogP contribution in [0.4, 0.5) is 11.4 Å². The number of hydrogen-bond donors (Lipinski definition) is 1. The van der Waals surface area contributed by atoms with Crippen molar-refractivity contribution in [3.8, 4) is 0 Å². The maximum absolute atomic E-state index is 13.5. The third kappa shape index (κ3) is 3.41. The zero-order chi connectivity index (χ0) is 21.4. The van der Waals surface area contributed by atoms with E-state index < -0.39 is 0 Å². The van der Waals surface area contributed by atoms with Gasteiger partial charge in [0.15, 0.2) is 0 Å². The van der Waals surface area contributed by atoms with Crippen molar-refractivity contribution in [3.63, 3.8) is 0 Å². The van der Waals surface area contributed by atoms with Crippen LogP contribution in [0.2, 0.25) is 0 Å². The Kier molecular flexibility index (Phi) is 5.00. The molecule has 1 aliphatic heterocycles. The molecule has 1 heterocycles. The van der Waals surface area contributed by atoms with Crippen LogP contribution in [0, 0.1) is 27.7 Å². The highest BCUT2D eigenvalue weighted by molar-refractivity contribution is 6.46. The van der Waals surface area contributed by atoms with Crippen LogP contribution < -0.4 is 10.2 Å². The molecule has 30 heavy (non-hydrogen) atoms. The summed E-state index contributed by atoms with van der Waals surface area (Å²) in [7, 11) is 0. The SMILES string of the molecule is Cc1cc(C)cc(N2C(=O)C(Nc3cccc(C)c3C)=C(c3ccccc3)C2=O)c1. The molecule has 1 N–H and O–H groups in total. The lowest BCUT2D eigenvalue weighted by atomic mass is 10.0. The van der Waals surface area contributed by atoms with Gasteiger partial charge in [-0.15, -0.1) is 0 Å². The Morgan fingerprint density at radius 2 is 1.40 bits per heavy atom. The first-order valence-electron chi connectivity index (χ1n) is 9.97. The lowest BCUT2D eigenvalue weighted by Crippen LogP contribution is -2.32. The highest BCUT2D eigenvalue weighted by Crippen LogP contribution is 2.35. The summed E-state index contributed by atoms with van der Waals surface area (Å²) in [6, 6.07) is 21.0. The molecule has 0 bridgehead atoms. The van der Waals surface area contributed by atoms with Crippen LogP contribution in [0.3, 0.4) is 0 Å². The van der Waals surface area contributed by atoms with Gasteiger partial charge >= 0.3 is 0 Å². The molecule has 3 aromatic rings. The number of hydrogen-bond acceptors (Lipinski definition) is 3. The van der Waals surface area contributed by atoms with Gasteiger partial charge in [0.1, 0.15) is 5.70 Å². The van der Waals surface area contributed by atoms with Gasteiger partial charge in [0.05, 0.1) is 11.3 Å². The van der Waals surface area contributed by atoms with E-state index in [1.807, 2.05) is 94.4 Å². The average molecular weight is 396 g/mol. The van der Waals surface area contributed by atoms with Crippen LogP contribution in [0.1, 0.15) is 27.8 Å². The average Bonchev–Trinajstić information content (AvgIpc) is 2.95. The van der Waals surface area contributed by atoms with Gasteiger partial charge in [0.2, 0.25) is 0 Å². The molecule has 0 spiro atoms. The van der Waals surface area contributed by atoms with Crippen molar-refractivity contribution < 1.29 is 9.59 Å². The Hall–Kier alpha value is -3.66. The van der Waals surface area contributed by atoms with Crippen LogP contribution >= 0.6 is 0 Å². The highest BCUT2D eigenvalue weighted by Gasteiger charge is 2.40.